The molecule has 148 valence electrons. The van der Waals surface area contributed by atoms with Crippen LogP contribution < -0.4 is 16.2 Å². The van der Waals surface area contributed by atoms with Crippen molar-refractivity contribution in [2.75, 3.05) is 11.4 Å². The summed E-state index contributed by atoms with van der Waals surface area (Å²) in [6, 6.07) is 14.4. The lowest BCUT2D eigenvalue weighted by molar-refractivity contribution is -0.119. The van der Waals surface area contributed by atoms with Crippen LogP contribution in [0.1, 0.15) is 23.8 Å². The number of aromatic nitrogens is 2. The van der Waals surface area contributed by atoms with E-state index in [1.165, 1.54) is 0 Å². The molecule has 3 aromatic rings. The Morgan fingerprint density at radius 1 is 1.14 bits per heavy atom. The summed E-state index contributed by atoms with van der Waals surface area (Å²) in [5, 5.41) is 5.18. The number of nitrogens with two attached hydrogens (primary N) is 1. The van der Waals surface area contributed by atoms with Crippen molar-refractivity contribution in [1.29, 1.82) is 0 Å². The molecule has 7 nitrogen and oxygen atoms in total. The second-order valence-electron chi connectivity index (χ2n) is 6.95. The molecule has 0 bridgehead atoms. The summed E-state index contributed by atoms with van der Waals surface area (Å²) >= 11 is 1.73. The van der Waals surface area contributed by atoms with Crippen molar-refractivity contribution < 1.29 is 9.59 Å². The second kappa shape index (κ2) is 7.71. The molecule has 0 aliphatic carbocycles. The van der Waals surface area contributed by atoms with Crippen LogP contribution in [0.4, 0.5) is 5.69 Å². The molecule has 4 rings (SSSR count). The number of fused-ring (bicyclic) bond motifs is 2. The second-order valence-corrected chi connectivity index (χ2v) is 8.43. The van der Waals surface area contributed by atoms with Gasteiger partial charge in [0, 0.05) is 22.1 Å². The standard InChI is InChI=1S/C21H20N4O3S/c1-13-10-11-24(16-8-4-5-9-17(16)29-13)18(26)12-25-21(28)15-7-3-2-6-14(15)19(23-25)20(22)27/h2-9,13H,10-12H2,1H3,(H2,22,27)/t13-/m0/s1. The van der Waals surface area contributed by atoms with Crippen molar-refractivity contribution in [3.63, 3.8) is 0 Å². The number of rotatable bonds is 3. The largest absolute Gasteiger partial charge is 0.364 e. The molecule has 8 heteroatoms. The number of carbonyl (C=O) groups is 2. The smallest absolute Gasteiger partial charge is 0.275 e. The number of para-hydroxylation sites is 1. The van der Waals surface area contributed by atoms with Crippen molar-refractivity contribution >= 4 is 40.0 Å². The number of carbonyl (C=O) groups excluding carboxylic acids is 2. The molecule has 0 saturated carbocycles. The minimum atomic E-state index is -0.743. The van der Waals surface area contributed by atoms with Gasteiger partial charge in [-0.15, -0.1) is 11.8 Å². The molecule has 2 aromatic carbocycles. The number of amides is 2. The Labute approximate surface area is 171 Å². The van der Waals surface area contributed by atoms with Gasteiger partial charge in [0.25, 0.3) is 11.5 Å². The fourth-order valence-electron chi connectivity index (χ4n) is 3.48. The van der Waals surface area contributed by atoms with Crippen LogP contribution in [0.3, 0.4) is 0 Å². The Kier molecular flexibility index (Phi) is 5.10. The molecule has 0 fully saturated rings. The van der Waals surface area contributed by atoms with Crippen LogP contribution in [-0.4, -0.2) is 33.4 Å². The maximum atomic E-state index is 13.2. The van der Waals surface area contributed by atoms with E-state index in [0.717, 1.165) is 21.7 Å². The zero-order chi connectivity index (χ0) is 20.5. The summed E-state index contributed by atoms with van der Waals surface area (Å²) < 4.78 is 1.04. The van der Waals surface area contributed by atoms with Crippen LogP contribution in [-0.2, 0) is 11.3 Å². The van der Waals surface area contributed by atoms with Crippen molar-refractivity contribution in [3.05, 3.63) is 64.6 Å². The van der Waals surface area contributed by atoms with Gasteiger partial charge in [0.1, 0.15) is 6.54 Å². The maximum absolute atomic E-state index is 13.2. The Morgan fingerprint density at radius 2 is 1.83 bits per heavy atom. The molecule has 0 radical (unpaired) electrons. The molecular formula is C21H20N4O3S. The van der Waals surface area contributed by atoms with Crippen molar-refractivity contribution in [3.8, 4) is 0 Å². The van der Waals surface area contributed by atoms with Gasteiger partial charge in [-0.2, -0.15) is 5.10 Å². The number of hydrogen-bond acceptors (Lipinski definition) is 5. The van der Waals surface area contributed by atoms with Crippen LogP contribution >= 0.6 is 11.8 Å². The summed E-state index contributed by atoms with van der Waals surface area (Å²) in [5.74, 6) is -1.000. The Bertz CT molecular complexity index is 1170. The molecule has 2 amide bonds. The molecule has 0 unspecified atom stereocenters. The molecule has 1 aromatic heterocycles. The Hall–Kier alpha value is -3.13. The van der Waals surface area contributed by atoms with E-state index in [2.05, 4.69) is 12.0 Å². The van der Waals surface area contributed by atoms with Gasteiger partial charge in [0.15, 0.2) is 5.69 Å². The first-order valence-electron chi connectivity index (χ1n) is 9.31. The first kappa shape index (κ1) is 19.2. The normalized spacial score (nSPS) is 16.3. The van der Waals surface area contributed by atoms with Crippen molar-refractivity contribution in [2.24, 2.45) is 5.73 Å². The molecule has 0 spiro atoms. The maximum Gasteiger partial charge on any atom is 0.275 e. The summed E-state index contributed by atoms with van der Waals surface area (Å²) in [7, 11) is 0. The third kappa shape index (κ3) is 3.63. The first-order chi connectivity index (χ1) is 14.0. The summed E-state index contributed by atoms with van der Waals surface area (Å²) in [5.41, 5.74) is 5.84. The van der Waals surface area contributed by atoms with E-state index >= 15 is 0 Å². The SMILES string of the molecule is C[C@H]1CCN(C(=O)Cn2nc(C(N)=O)c3ccccc3c2=O)c2ccccc2S1. The first-order valence-corrected chi connectivity index (χ1v) is 10.2. The van der Waals surface area contributed by atoms with E-state index < -0.39 is 11.5 Å². The van der Waals surface area contributed by atoms with Crippen molar-refractivity contribution in [1.82, 2.24) is 9.78 Å². The third-order valence-electron chi connectivity index (χ3n) is 4.93. The number of primary amides is 1. The van der Waals surface area contributed by atoms with Gasteiger partial charge in [0.2, 0.25) is 5.91 Å². The minimum absolute atomic E-state index is 0.0200. The summed E-state index contributed by atoms with van der Waals surface area (Å²) in [6.07, 6.45) is 0.831. The van der Waals surface area contributed by atoms with Gasteiger partial charge >= 0.3 is 0 Å². The lowest BCUT2D eigenvalue weighted by Crippen LogP contribution is -2.39. The minimum Gasteiger partial charge on any atom is -0.364 e. The zero-order valence-corrected chi connectivity index (χ0v) is 16.7. The highest BCUT2D eigenvalue weighted by atomic mass is 32.2. The number of anilines is 1. The average Bonchev–Trinajstić information content (AvgIpc) is 2.88. The zero-order valence-electron chi connectivity index (χ0n) is 15.9. The van der Waals surface area contributed by atoms with E-state index in [4.69, 9.17) is 5.73 Å². The van der Waals surface area contributed by atoms with Gasteiger partial charge in [-0.05, 0) is 24.6 Å². The number of benzene rings is 2. The van der Waals surface area contributed by atoms with Gasteiger partial charge in [-0.1, -0.05) is 37.3 Å². The van der Waals surface area contributed by atoms with Crippen LogP contribution in [0.2, 0.25) is 0 Å². The Morgan fingerprint density at radius 3 is 2.59 bits per heavy atom. The Balaban J connectivity index is 1.74. The molecule has 1 aliphatic heterocycles. The van der Waals surface area contributed by atoms with Gasteiger partial charge in [-0.3, -0.25) is 14.4 Å². The molecule has 2 N–H and O–H groups in total. The van der Waals surface area contributed by atoms with E-state index in [1.54, 1.807) is 40.9 Å². The number of thioether (sulfide) groups is 1. The third-order valence-corrected chi connectivity index (χ3v) is 6.17. The van der Waals surface area contributed by atoms with Crippen LogP contribution in [0.25, 0.3) is 10.8 Å². The highest BCUT2D eigenvalue weighted by Gasteiger charge is 2.25. The fourth-order valence-corrected chi connectivity index (χ4v) is 4.60. The van der Waals surface area contributed by atoms with Gasteiger partial charge in [0.05, 0.1) is 11.1 Å². The quantitative estimate of drug-likeness (QED) is 0.718. The topological polar surface area (TPSA) is 98.3 Å². The van der Waals surface area contributed by atoms with E-state index in [1.807, 2.05) is 24.3 Å². The molecule has 1 aliphatic rings. The fraction of sp³-hybridized carbons (Fsp3) is 0.238. The summed E-state index contributed by atoms with van der Waals surface area (Å²) in [6.45, 7) is 2.41. The van der Waals surface area contributed by atoms with Crippen LogP contribution in [0, 0.1) is 0 Å². The van der Waals surface area contributed by atoms with Crippen LogP contribution in [0.15, 0.2) is 58.2 Å². The molecule has 29 heavy (non-hydrogen) atoms. The lowest BCUT2D eigenvalue weighted by Gasteiger charge is -2.22. The van der Waals surface area contributed by atoms with E-state index in [9.17, 15) is 14.4 Å². The molecule has 1 atom stereocenters. The molecular weight excluding hydrogens is 388 g/mol. The van der Waals surface area contributed by atoms with Gasteiger partial charge < -0.3 is 10.6 Å². The highest BCUT2D eigenvalue weighted by Crippen LogP contribution is 2.37. The monoisotopic (exact) mass is 408 g/mol. The molecule has 2 heterocycles. The predicted molar refractivity (Wildman–Crippen MR) is 113 cm³/mol. The van der Waals surface area contributed by atoms with Crippen molar-refractivity contribution in [2.45, 2.75) is 30.0 Å². The van der Waals surface area contributed by atoms with E-state index in [-0.39, 0.29) is 18.1 Å². The predicted octanol–water partition coefficient (Wildman–Crippen LogP) is 2.41. The highest BCUT2D eigenvalue weighted by molar-refractivity contribution is 8.00. The average molecular weight is 408 g/mol. The number of hydrogen-bond donors (Lipinski definition) is 1. The number of nitrogens with zero attached hydrogens (tertiary/aromatic N) is 3. The lowest BCUT2D eigenvalue weighted by atomic mass is 10.1. The van der Waals surface area contributed by atoms with E-state index in [0.29, 0.717) is 22.6 Å². The molecule has 0 saturated heterocycles. The summed E-state index contributed by atoms with van der Waals surface area (Å²) in [4.78, 5) is 40.6. The van der Waals surface area contributed by atoms with Crippen LogP contribution in [0.5, 0.6) is 0 Å². The van der Waals surface area contributed by atoms with Gasteiger partial charge in [-0.25, -0.2) is 4.68 Å².